The van der Waals surface area contributed by atoms with E-state index in [1.54, 1.807) is 12.1 Å². The predicted octanol–water partition coefficient (Wildman–Crippen LogP) is 1.73. The van der Waals surface area contributed by atoms with Gasteiger partial charge in [-0.15, -0.1) is 0 Å². The zero-order chi connectivity index (χ0) is 14.6. The molecule has 0 spiro atoms. The second-order valence-electron chi connectivity index (χ2n) is 5.31. The molecule has 20 heavy (non-hydrogen) atoms. The number of benzene rings is 1. The lowest BCUT2D eigenvalue weighted by Gasteiger charge is -2.22. The summed E-state index contributed by atoms with van der Waals surface area (Å²) in [4.78, 5) is 2.24. The van der Waals surface area contributed by atoms with Gasteiger partial charge in [-0.3, -0.25) is 4.90 Å². The number of nitrogens with one attached hydrogen (secondary N) is 1. The van der Waals surface area contributed by atoms with Crippen LogP contribution in [-0.2, 0) is 16.6 Å². The third-order valence-electron chi connectivity index (χ3n) is 3.38. The van der Waals surface area contributed by atoms with Crippen LogP contribution < -0.4 is 4.72 Å². The van der Waals surface area contributed by atoms with Crippen molar-refractivity contribution in [1.29, 1.82) is 0 Å². The van der Waals surface area contributed by atoms with E-state index in [2.05, 4.69) is 9.62 Å². The molecule has 1 N–H and O–H groups in total. The van der Waals surface area contributed by atoms with Crippen LogP contribution in [0.4, 0.5) is 4.39 Å². The van der Waals surface area contributed by atoms with Gasteiger partial charge in [0.1, 0.15) is 5.82 Å². The molecule has 0 heterocycles. The second-order valence-corrected chi connectivity index (χ2v) is 7.15. The number of hydrogen-bond acceptors (Lipinski definition) is 3. The van der Waals surface area contributed by atoms with Gasteiger partial charge in [-0.1, -0.05) is 18.2 Å². The van der Waals surface area contributed by atoms with E-state index in [9.17, 15) is 12.8 Å². The van der Waals surface area contributed by atoms with Crippen LogP contribution in [0, 0.1) is 5.82 Å². The zero-order valence-corrected chi connectivity index (χ0v) is 12.5. The monoisotopic (exact) mass is 300 g/mol. The first-order valence-corrected chi connectivity index (χ1v) is 8.77. The first-order chi connectivity index (χ1) is 9.46. The fourth-order valence-electron chi connectivity index (χ4n) is 2.22. The minimum Gasteiger partial charge on any atom is -0.296 e. The lowest BCUT2D eigenvalue weighted by atomic mass is 10.2. The Morgan fingerprint density at radius 3 is 2.65 bits per heavy atom. The number of hydrogen-bond donors (Lipinski definition) is 1. The summed E-state index contributed by atoms with van der Waals surface area (Å²) in [6, 6.07) is 7.34. The van der Waals surface area contributed by atoms with Crippen LogP contribution in [0.5, 0.6) is 0 Å². The topological polar surface area (TPSA) is 49.4 Å². The Hall–Kier alpha value is -0.980. The molecule has 0 bridgehead atoms. The van der Waals surface area contributed by atoms with Crippen molar-refractivity contribution in [2.24, 2.45) is 0 Å². The minimum absolute atomic E-state index is 0.174. The largest absolute Gasteiger partial charge is 0.296 e. The molecule has 0 saturated heterocycles. The van der Waals surface area contributed by atoms with E-state index in [0.717, 1.165) is 32.1 Å². The van der Waals surface area contributed by atoms with Gasteiger partial charge in [-0.2, -0.15) is 0 Å². The summed E-state index contributed by atoms with van der Waals surface area (Å²) in [5.41, 5.74) is 0.704. The van der Waals surface area contributed by atoms with Crippen LogP contribution in [0.25, 0.3) is 0 Å². The highest BCUT2D eigenvalue weighted by molar-refractivity contribution is 7.88. The van der Waals surface area contributed by atoms with Gasteiger partial charge in [0.25, 0.3) is 0 Å². The molecule has 0 aromatic heterocycles. The van der Waals surface area contributed by atoms with Crippen molar-refractivity contribution in [2.75, 3.05) is 19.3 Å². The maximum Gasteiger partial charge on any atom is 0.208 e. The standard InChI is InChI=1S/C14H21FN2O2S/c1-20(18,19)16-9-4-10-17(13-7-8-13)11-12-5-2-3-6-14(12)15/h2-3,5-6,13,16H,4,7-11H2,1H3. The Balaban J connectivity index is 1.84. The lowest BCUT2D eigenvalue weighted by molar-refractivity contribution is 0.248. The highest BCUT2D eigenvalue weighted by Gasteiger charge is 2.28. The summed E-state index contributed by atoms with van der Waals surface area (Å²) >= 11 is 0. The Bertz CT molecular complexity index is 544. The molecule has 0 unspecified atom stereocenters. The predicted molar refractivity (Wildman–Crippen MR) is 77.3 cm³/mol. The molecule has 1 saturated carbocycles. The van der Waals surface area contributed by atoms with Crippen LogP contribution in [0.2, 0.25) is 0 Å². The molecule has 0 aliphatic heterocycles. The average molecular weight is 300 g/mol. The minimum atomic E-state index is -3.12. The number of halogens is 1. The van der Waals surface area contributed by atoms with Crippen molar-refractivity contribution in [3.05, 3.63) is 35.6 Å². The number of sulfonamides is 1. The van der Waals surface area contributed by atoms with Crippen LogP contribution in [0.1, 0.15) is 24.8 Å². The van der Waals surface area contributed by atoms with Gasteiger partial charge >= 0.3 is 0 Å². The van der Waals surface area contributed by atoms with Crippen molar-refractivity contribution in [3.8, 4) is 0 Å². The average Bonchev–Trinajstić information content (AvgIpc) is 3.18. The number of rotatable bonds is 8. The summed E-state index contributed by atoms with van der Waals surface area (Å²) in [7, 11) is -3.12. The SMILES string of the molecule is CS(=O)(=O)NCCCN(Cc1ccccc1F)C1CC1. The molecular weight excluding hydrogens is 279 g/mol. The summed E-state index contributed by atoms with van der Waals surface area (Å²) in [6.45, 7) is 1.80. The molecule has 2 rings (SSSR count). The fourth-order valence-corrected chi connectivity index (χ4v) is 2.73. The molecule has 0 radical (unpaired) electrons. The van der Waals surface area contributed by atoms with Gasteiger partial charge in [0.2, 0.25) is 10.0 Å². The van der Waals surface area contributed by atoms with Gasteiger partial charge < -0.3 is 0 Å². The lowest BCUT2D eigenvalue weighted by Crippen LogP contribution is -2.31. The third-order valence-corrected chi connectivity index (χ3v) is 4.11. The Morgan fingerprint density at radius 2 is 2.05 bits per heavy atom. The first-order valence-electron chi connectivity index (χ1n) is 6.88. The normalized spacial score (nSPS) is 15.8. The first kappa shape index (κ1) is 15.4. The van der Waals surface area contributed by atoms with E-state index in [1.165, 1.54) is 6.07 Å². The number of nitrogens with zero attached hydrogens (tertiary/aromatic N) is 1. The maximum absolute atomic E-state index is 13.7. The summed E-state index contributed by atoms with van der Waals surface area (Å²) in [6.07, 6.45) is 4.19. The maximum atomic E-state index is 13.7. The molecule has 0 atom stereocenters. The van der Waals surface area contributed by atoms with Crippen LogP contribution in [-0.4, -0.2) is 38.7 Å². The summed E-state index contributed by atoms with van der Waals surface area (Å²) in [5.74, 6) is -0.174. The molecule has 4 nitrogen and oxygen atoms in total. The molecule has 1 aromatic carbocycles. The van der Waals surface area contributed by atoms with Crippen LogP contribution in [0.3, 0.4) is 0 Å². The van der Waals surface area contributed by atoms with E-state index in [-0.39, 0.29) is 5.82 Å². The molecule has 1 aliphatic rings. The van der Waals surface area contributed by atoms with Crippen LogP contribution in [0.15, 0.2) is 24.3 Å². The Kier molecular flexibility index (Phi) is 5.12. The van der Waals surface area contributed by atoms with Crippen molar-refractivity contribution < 1.29 is 12.8 Å². The van der Waals surface area contributed by atoms with Gasteiger partial charge in [0, 0.05) is 31.2 Å². The second kappa shape index (κ2) is 6.65. The molecule has 6 heteroatoms. The van der Waals surface area contributed by atoms with Crippen LogP contribution >= 0.6 is 0 Å². The van der Waals surface area contributed by atoms with Gasteiger partial charge in [0.05, 0.1) is 6.26 Å². The summed E-state index contributed by atoms with van der Waals surface area (Å²) < 4.78 is 38.1. The van der Waals surface area contributed by atoms with E-state index in [4.69, 9.17) is 0 Å². The van der Waals surface area contributed by atoms with Crippen molar-refractivity contribution in [2.45, 2.75) is 31.8 Å². The quantitative estimate of drug-likeness (QED) is 0.744. The molecule has 1 aromatic rings. The zero-order valence-electron chi connectivity index (χ0n) is 11.7. The van der Waals surface area contributed by atoms with E-state index in [1.807, 2.05) is 6.07 Å². The Morgan fingerprint density at radius 1 is 1.35 bits per heavy atom. The van der Waals surface area contributed by atoms with E-state index >= 15 is 0 Å². The highest BCUT2D eigenvalue weighted by atomic mass is 32.2. The smallest absolute Gasteiger partial charge is 0.208 e. The van der Waals surface area contributed by atoms with Gasteiger partial charge in [-0.25, -0.2) is 17.5 Å². The fraction of sp³-hybridized carbons (Fsp3) is 0.571. The molecule has 112 valence electrons. The summed E-state index contributed by atoms with van der Waals surface area (Å²) in [5, 5.41) is 0. The molecule has 1 fully saturated rings. The highest BCUT2D eigenvalue weighted by Crippen LogP contribution is 2.28. The van der Waals surface area contributed by atoms with Gasteiger partial charge in [-0.05, 0) is 25.3 Å². The van der Waals surface area contributed by atoms with Crippen molar-refractivity contribution in [3.63, 3.8) is 0 Å². The van der Waals surface area contributed by atoms with Gasteiger partial charge in [0.15, 0.2) is 0 Å². The van der Waals surface area contributed by atoms with E-state index in [0.29, 0.717) is 24.7 Å². The third kappa shape index (κ3) is 5.19. The molecular formula is C14H21FN2O2S. The van der Waals surface area contributed by atoms with Crippen molar-refractivity contribution in [1.82, 2.24) is 9.62 Å². The Labute approximate surface area is 120 Å². The molecule has 0 amide bonds. The molecule has 1 aliphatic carbocycles. The van der Waals surface area contributed by atoms with Crippen molar-refractivity contribution >= 4 is 10.0 Å². The van der Waals surface area contributed by atoms with E-state index < -0.39 is 10.0 Å².